The lowest BCUT2D eigenvalue weighted by molar-refractivity contribution is -0.117. The molecular weight excluding hydrogens is 334 g/mol. The summed E-state index contributed by atoms with van der Waals surface area (Å²) in [5.41, 5.74) is 1.43. The van der Waals surface area contributed by atoms with Crippen molar-refractivity contribution in [2.75, 3.05) is 10.6 Å². The van der Waals surface area contributed by atoms with Crippen molar-refractivity contribution < 1.29 is 9.59 Å². The van der Waals surface area contributed by atoms with Crippen LogP contribution in [0.1, 0.15) is 50.9 Å². The standard InChI is InChI=1S/C19H25N3O2S/c1-13(12-19(2,3)4)11-16(23)21-15-7-5-14(6-8-15)17(24)22-18-20-9-10-25-18/h5-10,13H,11-12H2,1-4H3,(H,21,23)(H,20,22,24). The summed E-state index contributed by atoms with van der Waals surface area (Å²) in [5.74, 6) is 0.103. The highest BCUT2D eigenvalue weighted by Gasteiger charge is 2.18. The highest BCUT2D eigenvalue weighted by Crippen LogP contribution is 2.26. The summed E-state index contributed by atoms with van der Waals surface area (Å²) in [4.78, 5) is 28.3. The summed E-state index contributed by atoms with van der Waals surface area (Å²) in [6, 6.07) is 6.86. The van der Waals surface area contributed by atoms with Crippen LogP contribution in [-0.2, 0) is 4.79 Å². The molecular formula is C19H25N3O2S. The molecule has 2 amide bonds. The first kappa shape index (κ1) is 19.1. The normalized spacial score (nSPS) is 12.5. The van der Waals surface area contributed by atoms with E-state index in [0.29, 0.717) is 28.7 Å². The van der Waals surface area contributed by atoms with E-state index in [1.165, 1.54) is 11.3 Å². The van der Waals surface area contributed by atoms with Crippen LogP contribution in [0.5, 0.6) is 0 Å². The van der Waals surface area contributed by atoms with Gasteiger partial charge in [-0.2, -0.15) is 0 Å². The molecule has 0 aliphatic rings. The Labute approximate surface area is 152 Å². The number of carbonyl (C=O) groups is 2. The minimum atomic E-state index is -0.216. The third kappa shape index (κ3) is 6.66. The first-order valence-corrected chi connectivity index (χ1v) is 9.22. The number of rotatable bonds is 6. The van der Waals surface area contributed by atoms with Crippen molar-refractivity contribution >= 4 is 34.0 Å². The SMILES string of the molecule is CC(CC(=O)Nc1ccc(C(=O)Nc2nccs2)cc1)CC(C)(C)C. The Hall–Kier alpha value is -2.21. The summed E-state index contributed by atoms with van der Waals surface area (Å²) < 4.78 is 0. The van der Waals surface area contributed by atoms with Crippen molar-refractivity contribution in [1.29, 1.82) is 0 Å². The van der Waals surface area contributed by atoms with Crippen LogP contribution < -0.4 is 10.6 Å². The zero-order valence-corrected chi connectivity index (χ0v) is 15.9. The zero-order chi connectivity index (χ0) is 18.4. The summed E-state index contributed by atoms with van der Waals surface area (Å²) in [5, 5.41) is 7.98. The van der Waals surface area contributed by atoms with Crippen molar-refractivity contribution in [1.82, 2.24) is 4.98 Å². The van der Waals surface area contributed by atoms with E-state index in [9.17, 15) is 9.59 Å². The second-order valence-corrected chi connectivity index (χ2v) is 8.39. The molecule has 0 saturated carbocycles. The first-order valence-electron chi connectivity index (χ1n) is 8.34. The Balaban J connectivity index is 1.87. The Morgan fingerprint density at radius 2 is 1.84 bits per heavy atom. The van der Waals surface area contributed by atoms with Crippen molar-refractivity contribution in [3.8, 4) is 0 Å². The van der Waals surface area contributed by atoms with E-state index in [1.54, 1.807) is 35.8 Å². The van der Waals surface area contributed by atoms with Gasteiger partial charge in [0.1, 0.15) is 0 Å². The van der Waals surface area contributed by atoms with Crippen molar-refractivity contribution in [3.63, 3.8) is 0 Å². The van der Waals surface area contributed by atoms with Crippen molar-refractivity contribution in [2.24, 2.45) is 11.3 Å². The monoisotopic (exact) mass is 359 g/mol. The number of hydrogen-bond acceptors (Lipinski definition) is 4. The number of aromatic nitrogens is 1. The summed E-state index contributed by atoms with van der Waals surface area (Å²) in [7, 11) is 0. The second kappa shape index (κ2) is 8.25. The molecule has 0 aliphatic carbocycles. The molecule has 0 saturated heterocycles. The number of nitrogens with one attached hydrogen (secondary N) is 2. The molecule has 134 valence electrons. The molecule has 1 aromatic heterocycles. The lowest BCUT2D eigenvalue weighted by Crippen LogP contribution is -2.19. The van der Waals surface area contributed by atoms with E-state index in [0.717, 1.165) is 6.42 Å². The van der Waals surface area contributed by atoms with Gasteiger partial charge in [-0.15, -0.1) is 11.3 Å². The predicted molar refractivity (Wildman–Crippen MR) is 103 cm³/mol. The number of carbonyl (C=O) groups excluding carboxylic acids is 2. The quantitative estimate of drug-likeness (QED) is 0.778. The summed E-state index contributed by atoms with van der Waals surface area (Å²) in [6.07, 6.45) is 3.12. The van der Waals surface area contributed by atoms with E-state index in [1.807, 2.05) is 0 Å². The molecule has 1 heterocycles. The van der Waals surface area contributed by atoms with Gasteiger partial charge in [-0.1, -0.05) is 27.7 Å². The largest absolute Gasteiger partial charge is 0.326 e. The highest BCUT2D eigenvalue weighted by atomic mass is 32.1. The third-order valence-electron chi connectivity index (χ3n) is 3.58. The van der Waals surface area contributed by atoms with Crippen LogP contribution in [0.2, 0.25) is 0 Å². The molecule has 1 atom stereocenters. The highest BCUT2D eigenvalue weighted by molar-refractivity contribution is 7.13. The molecule has 0 fully saturated rings. The maximum absolute atomic E-state index is 12.1. The number of nitrogens with zero attached hydrogens (tertiary/aromatic N) is 1. The average molecular weight is 359 g/mol. The third-order valence-corrected chi connectivity index (χ3v) is 4.27. The second-order valence-electron chi connectivity index (χ2n) is 7.49. The molecule has 0 aliphatic heterocycles. The summed E-state index contributed by atoms with van der Waals surface area (Å²) >= 11 is 1.37. The van der Waals surface area contributed by atoms with Crippen LogP contribution in [0.4, 0.5) is 10.8 Å². The molecule has 0 bridgehead atoms. The maximum Gasteiger partial charge on any atom is 0.257 e. The smallest absolute Gasteiger partial charge is 0.257 e. The Morgan fingerprint density at radius 1 is 1.16 bits per heavy atom. The molecule has 1 unspecified atom stereocenters. The molecule has 2 rings (SSSR count). The molecule has 2 N–H and O–H groups in total. The van der Waals surface area contributed by atoms with Crippen LogP contribution in [0, 0.1) is 11.3 Å². The van der Waals surface area contributed by atoms with E-state index in [4.69, 9.17) is 0 Å². The molecule has 6 heteroatoms. The van der Waals surface area contributed by atoms with E-state index >= 15 is 0 Å². The minimum Gasteiger partial charge on any atom is -0.326 e. The Bertz CT molecular complexity index is 703. The fourth-order valence-electron chi connectivity index (χ4n) is 2.81. The number of amides is 2. The first-order chi connectivity index (χ1) is 11.7. The topological polar surface area (TPSA) is 71.1 Å². The van der Waals surface area contributed by atoms with Gasteiger partial charge in [-0.05, 0) is 42.0 Å². The van der Waals surface area contributed by atoms with E-state index in [-0.39, 0.29) is 17.2 Å². The van der Waals surface area contributed by atoms with Gasteiger partial charge < -0.3 is 5.32 Å². The van der Waals surface area contributed by atoms with E-state index < -0.39 is 0 Å². The Morgan fingerprint density at radius 3 is 2.40 bits per heavy atom. The lowest BCUT2D eigenvalue weighted by atomic mass is 9.84. The average Bonchev–Trinajstić information content (AvgIpc) is 2.98. The number of thiazole rings is 1. The molecule has 0 radical (unpaired) electrons. The fraction of sp³-hybridized carbons (Fsp3) is 0.421. The molecule has 1 aromatic carbocycles. The van der Waals surface area contributed by atoms with Gasteiger partial charge in [0.2, 0.25) is 5.91 Å². The van der Waals surface area contributed by atoms with Crippen LogP contribution in [0.3, 0.4) is 0 Å². The predicted octanol–water partition coefficient (Wildman–Crippen LogP) is 4.80. The number of anilines is 2. The van der Waals surface area contributed by atoms with Crippen LogP contribution in [0.25, 0.3) is 0 Å². The van der Waals surface area contributed by atoms with Crippen LogP contribution in [0.15, 0.2) is 35.8 Å². The van der Waals surface area contributed by atoms with Crippen LogP contribution in [-0.4, -0.2) is 16.8 Å². The minimum absolute atomic E-state index is 0.00302. The molecule has 0 spiro atoms. The van der Waals surface area contributed by atoms with Gasteiger partial charge in [-0.3, -0.25) is 14.9 Å². The van der Waals surface area contributed by atoms with Crippen LogP contribution >= 0.6 is 11.3 Å². The van der Waals surface area contributed by atoms with Gasteiger partial charge in [0.15, 0.2) is 5.13 Å². The lowest BCUT2D eigenvalue weighted by Gasteiger charge is -2.22. The molecule has 5 nitrogen and oxygen atoms in total. The van der Waals surface area contributed by atoms with Gasteiger partial charge in [0.25, 0.3) is 5.91 Å². The zero-order valence-electron chi connectivity index (χ0n) is 15.1. The number of benzene rings is 1. The van der Waals surface area contributed by atoms with E-state index in [2.05, 4.69) is 43.3 Å². The molecule has 25 heavy (non-hydrogen) atoms. The van der Waals surface area contributed by atoms with Gasteiger partial charge in [0.05, 0.1) is 0 Å². The van der Waals surface area contributed by atoms with Gasteiger partial charge in [-0.25, -0.2) is 4.98 Å². The van der Waals surface area contributed by atoms with Crippen molar-refractivity contribution in [3.05, 3.63) is 41.4 Å². The number of hydrogen-bond donors (Lipinski definition) is 2. The maximum atomic E-state index is 12.1. The van der Waals surface area contributed by atoms with Gasteiger partial charge >= 0.3 is 0 Å². The fourth-order valence-corrected chi connectivity index (χ4v) is 3.33. The summed E-state index contributed by atoms with van der Waals surface area (Å²) in [6.45, 7) is 8.63. The van der Waals surface area contributed by atoms with Crippen molar-refractivity contribution in [2.45, 2.75) is 40.5 Å². The molecule has 2 aromatic rings. The van der Waals surface area contributed by atoms with Gasteiger partial charge in [0, 0.05) is 29.2 Å². The Kier molecular flexibility index (Phi) is 6.31.